The maximum atomic E-state index is 10.9. The second kappa shape index (κ2) is 4.90. The summed E-state index contributed by atoms with van der Waals surface area (Å²) in [5.74, 6) is 0. The number of nitrogens with two attached hydrogens (primary N) is 1. The Morgan fingerprint density at radius 3 is 2.69 bits per heavy atom. The summed E-state index contributed by atoms with van der Waals surface area (Å²) in [4.78, 5) is 10.4. The van der Waals surface area contributed by atoms with Gasteiger partial charge in [0.25, 0.3) is 5.69 Å². The summed E-state index contributed by atoms with van der Waals surface area (Å²) in [5.41, 5.74) is 5.19. The number of aliphatic hydroxyl groups is 1. The zero-order valence-corrected chi connectivity index (χ0v) is 10.4. The number of nitro groups is 1. The minimum absolute atomic E-state index is 0.0311. The van der Waals surface area contributed by atoms with Crippen LogP contribution in [0.2, 0.25) is 0 Å². The van der Waals surface area contributed by atoms with Crippen LogP contribution in [0.4, 0.5) is 5.69 Å². The maximum Gasteiger partial charge on any atom is 0.274 e. The van der Waals surface area contributed by atoms with Gasteiger partial charge >= 0.3 is 0 Å². The smallest absolute Gasteiger partial charge is 0.274 e. The Morgan fingerprint density at radius 1 is 1.62 bits per heavy atom. The van der Waals surface area contributed by atoms with Gasteiger partial charge in [0, 0.05) is 28.1 Å². The molecule has 6 heteroatoms. The van der Waals surface area contributed by atoms with E-state index in [0.29, 0.717) is 10.0 Å². The van der Waals surface area contributed by atoms with E-state index in [4.69, 9.17) is 5.73 Å². The topological polar surface area (TPSA) is 89.4 Å². The fourth-order valence-corrected chi connectivity index (χ4v) is 1.77. The number of nitro benzene ring substituents is 1. The van der Waals surface area contributed by atoms with Crippen LogP contribution in [0, 0.1) is 10.1 Å². The Bertz CT molecular complexity index is 405. The zero-order chi connectivity index (χ0) is 12.3. The first kappa shape index (κ1) is 13.1. The second-order valence-electron chi connectivity index (χ2n) is 3.84. The first-order chi connectivity index (χ1) is 7.44. The first-order valence-corrected chi connectivity index (χ1v) is 5.49. The van der Waals surface area contributed by atoms with Crippen molar-refractivity contribution in [3.63, 3.8) is 0 Å². The van der Waals surface area contributed by atoms with Crippen molar-refractivity contribution in [3.05, 3.63) is 38.3 Å². The van der Waals surface area contributed by atoms with Crippen LogP contribution in [-0.2, 0) is 5.41 Å². The molecule has 0 spiro atoms. The van der Waals surface area contributed by atoms with Gasteiger partial charge in [0.1, 0.15) is 0 Å². The molecule has 0 bridgehead atoms. The van der Waals surface area contributed by atoms with Gasteiger partial charge < -0.3 is 10.8 Å². The van der Waals surface area contributed by atoms with E-state index < -0.39 is 10.3 Å². The van der Waals surface area contributed by atoms with Gasteiger partial charge in [0.2, 0.25) is 0 Å². The summed E-state index contributed by atoms with van der Waals surface area (Å²) < 4.78 is 0.625. The second-order valence-corrected chi connectivity index (χ2v) is 4.76. The van der Waals surface area contributed by atoms with Gasteiger partial charge in [0.15, 0.2) is 0 Å². The molecule has 0 saturated heterocycles. The molecule has 88 valence electrons. The highest BCUT2D eigenvalue weighted by Crippen LogP contribution is 2.32. The van der Waals surface area contributed by atoms with Crippen molar-refractivity contribution < 1.29 is 10.0 Å². The van der Waals surface area contributed by atoms with Crippen molar-refractivity contribution in [3.8, 4) is 0 Å². The maximum absolute atomic E-state index is 10.9. The van der Waals surface area contributed by atoms with Gasteiger partial charge in [-0.3, -0.25) is 10.1 Å². The number of nitrogens with zero attached hydrogens (tertiary/aromatic N) is 1. The van der Waals surface area contributed by atoms with Crippen LogP contribution in [-0.4, -0.2) is 23.2 Å². The van der Waals surface area contributed by atoms with E-state index in [-0.39, 0.29) is 18.8 Å². The summed E-state index contributed by atoms with van der Waals surface area (Å²) in [5, 5.41) is 20.2. The summed E-state index contributed by atoms with van der Waals surface area (Å²) in [6.45, 7) is 1.61. The van der Waals surface area contributed by atoms with Crippen LogP contribution in [0.1, 0.15) is 12.5 Å². The van der Waals surface area contributed by atoms with Gasteiger partial charge in [-0.2, -0.15) is 0 Å². The molecular formula is C10H13BrN2O3. The molecule has 0 aliphatic rings. The molecule has 1 rings (SSSR count). The van der Waals surface area contributed by atoms with Crippen LogP contribution in [0.15, 0.2) is 22.7 Å². The van der Waals surface area contributed by atoms with Crippen molar-refractivity contribution in [1.82, 2.24) is 0 Å². The Labute approximate surface area is 102 Å². The molecule has 16 heavy (non-hydrogen) atoms. The Balaban J connectivity index is 3.37. The van der Waals surface area contributed by atoms with Gasteiger partial charge in [-0.1, -0.05) is 28.9 Å². The third-order valence-corrected chi connectivity index (χ3v) is 3.10. The number of aliphatic hydroxyl groups excluding tert-OH is 1. The zero-order valence-electron chi connectivity index (χ0n) is 8.81. The fourth-order valence-electron chi connectivity index (χ4n) is 1.43. The molecule has 0 aliphatic heterocycles. The average molecular weight is 289 g/mol. The van der Waals surface area contributed by atoms with Crippen LogP contribution < -0.4 is 5.73 Å². The molecule has 0 radical (unpaired) electrons. The van der Waals surface area contributed by atoms with E-state index in [9.17, 15) is 15.2 Å². The summed E-state index contributed by atoms with van der Waals surface area (Å²) in [6, 6.07) is 4.73. The molecular weight excluding hydrogens is 276 g/mol. The molecule has 0 amide bonds. The number of hydrogen-bond acceptors (Lipinski definition) is 4. The van der Waals surface area contributed by atoms with E-state index in [1.54, 1.807) is 19.1 Å². The highest BCUT2D eigenvalue weighted by Gasteiger charge is 2.31. The fraction of sp³-hybridized carbons (Fsp3) is 0.400. The van der Waals surface area contributed by atoms with Crippen molar-refractivity contribution in [1.29, 1.82) is 0 Å². The minimum Gasteiger partial charge on any atom is -0.395 e. The van der Waals surface area contributed by atoms with E-state index in [2.05, 4.69) is 15.9 Å². The van der Waals surface area contributed by atoms with Crippen LogP contribution >= 0.6 is 15.9 Å². The highest BCUT2D eigenvalue weighted by molar-refractivity contribution is 9.10. The Morgan fingerprint density at radius 2 is 2.25 bits per heavy atom. The third kappa shape index (κ3) is 2.40. The lowest BCUT2D eigenvalue weighted by atomic mass is 9.82. The van der Waals surface area contributed by atoms with Crippen LogP contribution in [0.5, 0.6) is 0 Å². The molecule has 1 atom stereocenters. The predicted octanol–water partition coefficient (Wildman–Crippen LogP) is 1.57. The molecule has 0 fully saturated rings. The SMILES string of the molecule is CC(CN)(CO)c1ccc(Br)cc1[N+](=O)[O-]. The molecule has 1 unspecified atom stereocenters. The molecule has 0 aromatic heterocycles. The number of rotatable bonds is 4. The first-order valence-electron chi connectivity index (χ1n) is 4.70. The Hall–Kier alpha value is -0.980. The lowest BCUT2D eigenvalue weighted by Crippen LogP contribution is -2.36. The van der Waals surface area contributed by atoms with Crippen LogP contribution in [0.25, 0.3) is 0 Å². The number of halogens is 1. The van der Waals surface area contributed by atoms with Crippen molar-refractivity contribution >= 4 is 21.6 Å². The standard InChI is InChI=1S/C10H13BrN2O3/c1-10(5-12,6-14)8-3-2-7(11)4-9(8)13(15)16/h2-4,14H,5-6,12H2,1H3. The van der Waals surface area contributed by atoms with Crippen molar-refractivity contribution in [2.75, 3.05) is 13.2 Å². The molecule has 0 saturated carbocycles. The average Bonchev–Trinajstić information content (AvgIpc) is 2.27. The summed E-state index contributed by atoms with van der Waals surface area (Å²) >= 11 is 3.18. The Kier molecular flexibility index (Phi) is 4.01. The van der Waals surface area contributed by atoms with Crippen molar-refractivity contribution in [2.45, 2.75) is 12.3 Å². The van der Waals surface area contributed by atoms with E-state index in [1.165, 1.54) is 6.07 Å². The summed E-state index contributed by atoms with van der Waals surface area (Å²) in [7, 11) is 0. The van der Waals surface area contributed by atoms with Gasteiger partial charge in [-0.25, -0.2) is 0 Å². The van der Waals surface area contributed by atoms with Gasteiger partial charge in [-0.15, -0.1) is 0 Å². The lowest BCUT2D eigenvalue weighted by Gasteiger charge is -2.25. The highest BCUT2D eigenvalue weighted by atomic mass is 79.9. The molecule has 0 heterocycles. The minimum atomic E-state index is -0.789. The predicted molar refractivity (Wildman–Crippen MR) is 64.3 cm³/mol. The molecule has 3 N–H and O–H groups in total. The summed E-state index contributed by atoms with van der Waals surface area (Å²) in [6.07, 6.45) is 0. The monoisotopic (exact) mass is 288 g/mol. The van der Waals surface area contributed by atoms with Gasteiger partial charge in [0.05, 0.1) is 11.5 Å². The van der Waals surface area contributed by atoms with E-state index in [1.807, 2.05) is 0 Å². The number of benzene rings is 1. The van der Waals surface area contributed by atoms with Crippen molar-refractivity contribution in [2.24, 2.45) is 5.73 Å². The molecule has 0 aliphatic carbocycles. The largest absolute Gasteiger partial charge is 0.395 e. The van der Waals surface area contributed by atoms with E-state index in [0.717, 1.165) is 0 Å². The lowest BCUT2D eigenvalue weighted by molar-refractivity contribution is -0.386. The molecule has 1 aromatic rings. The molecule has 5 nitrogen and oxygen atoms in total. The van der Waals surface area contributed by atoms with E-state index >= 15 is 0 Å². The molecule has 1 aromatic carbocycles. The third-order valence-electron chi connectivity index (χ3n) is 2.61. The normalized spacial score (nSPS) is 14.5. The van der Waals surface area contributed by atoms with Crippen LogP contribution in [0.3, 0.4) is 0 Å². The number of hydrogen-bond donors (Lipinski definition) is 2. The quantitative estimate of drug-likeness (QED) is 0.650. The van der Waals surface area contributed by atoms with Gasteiger partial charge in [-0.05, 0) is 6.07 Å².